The Bertz CT molecular complexity index is 874. The lowest BCUT2D eigenvalue weighted by atomic mass is 10.3. The Morgan fingerprint density at radius 2 is 2.08 bits per heavy atom. The monoisotopic (exact) mass is 443 g/mol. The van der Waals surface area contributed by atoms with Gasteiger partial charge < -0.3 is 4.21 Å². The number of thiophene rings is 1. The number of aromatic amines is 1. The van der Waals surface area contributed by atoms with Crippen LogP contribution < -0.4 is 0 Å². The van der Waals surface area contributed by atoms with Crippen molar-refractivity contribution in [3.8, 4) is 10.6 Å². The molecule has 0 aliphatic carbocycles. The van der Waals surface area contributed by atoms with Crippen molar-refractivity contribution in [1.82, 2.24) is 20.2 Å². The third kappa shape index (κ3) is 4.92. The normalized spacial score (nSPS) is 10.5. The summed E-state index contributed by atoms with van der Waals surface area (Å²) in [5.74, 6) is 3.50. The van der Waals surface area contributed by atoms with E-state index in [4.69, 9.17) is 0 Å². The van der Waals surface area contributed by atoms with Crippen LogP contribution in [0.3, 0.4) is 0 Å². The zero-order valence-electron chi connectivity index (χ0n) is 13.4. The molecule has 5 nitrogen and oxygen atoms in total. The van der Waals surface area contributed by atoms with Gasteiger partial charge in [0.05, 0.1) is 20.7 Å². The van der Waals surface area contributed by atoms with Gasteiger partial charge in [0.1, 0.15) is 0 Å². The smallest absolute Gasteiger partial charge is 0.187 e. The van der Waals surface area contributed by atoms with Crippen LogP contribution in [0.15, 0.2) is 38.2 Å². The third-order valence-electron chi connectivity index (χ3n) is 2.91. The molecule has 3 rings (SSSR count). The zero-order valence-corrected chi connectivity index (χ0v) is 17.4. The molecular formula is C15H16BrN4OS3-. The van der Waals surface area contributed by atoms with Crippen molar-refractivity contribution in [1.29, 1.82) is 0 Å². The second-order valence-corrected chi connectivity index (χ2v) is 8.68. The van der Waals surface area contributed by atoms with Gasteiger partial charge in [-0.15, -0.1) is 0 Å². The minimum Gasteiger partial charge on any atom is -0.457 e. The number of hydrogen-bond donors (Lipinski definition) is 1. The Balaban J connectivity index is 0.000000219. The van der Waals surface area contributed by atoms with Gasteiger partial charge in [0.25, 0.3) is 0 Å². The Morgan fingerprint density at radius 1 is 1.33 bits per heavy atom. The molecule has 0 fully saturated rings. The molecule has 0 unspecified atom stereocenters. The van der Waals surface area contributed by atoms with E-state index in [-0.39, 0.29) is 0 Å². The lowest BCUT2D eigenvalue weighted by Crippen LogP contribution is -1.86. The highest BCUT2D eigenvalue weighted by Gasteiger charge is 2.03. The maximum Gasteiger partial charge on any atom is 0.187 e. The molecule has 0 saturated heterocycles. The van der Waals surface area contributed by atoms with E-state index in [1.165, 1.54) is 23.1 Å². The van der Waals surface area contributed by atoms with Crippen molar-refractivity contribution in [2.24, 2.45) is 0 Å². The van der Waals surface area contributed by atoms with E-state index in [0.29, 0.717) is 0 Å². The van der Waals surface area contributed by atoms with Crippen molar-refractivity contribution in [2.75, 3.05) is 6.26 Å². The Kier molecular flexibility index (Phi) is 7.02. The van der Waals surface area contributed by atoms with Crippen molar-refractivity contribution in [3.63, 3.8) is 0 Å². The Morgan fingerprint density at radius 3 is 2.54 bits per heavy atom. The summed E-state index contributed by atoms with van der Waals surface area (Å²) < 4.78 is 13.0. The van der Waals surface area contributed by atoms with Crippen LogP contribution in [0.5, 0.6) is 0 Å². The van der Waals surface area contributed by atoms with Gasteiger partial charge in [-0.05, 0) is 48.2 Å². The first-order chi connectivity index (χ1) is 11.4. The SMILES string of the molecule is C=[S-](=O)c1ccc(-c2ccnc(SC)n2)s1.Cc1n[nH]c(C)c1Br. The van der Waals surface area contributed by atoms with Crippen LogP contribution in [-0.2, 0) is 14.6 Å². The fourth-order valence-electron chi connectivity index (χ4n) is 1.69. The predicted molar refractivity (Wildman–Crippen MR) is 106 cm³/mol. The zero-order chi connectivity index (χ0) is 17.7. The minimum atomic E-state index is -1.17. The van der Waals surface area contributed by atoms with E-state index >= 15 is 0 Å². The highest BCUT2D eigenvalue weighted by molar-refractivity contribution is 9.10. The molecule has 128 valence electrons. The molecule has 0 aliphatic heterocycles. The van der Waals surface area contributed by atoms with E-state index in [1.54, 1.807) is 6.20 Å². The summed E-state index contributed by atoms with van der Waals surface area (Å²) in [6.07, 6.45) is 3.67. The Hall–Kier alpha value is -1.16. The molecule has 1 N–H and O–H groups in total. The van der Waals surface area contributed by atoms with Crippen LogP contribution in [0, 0.1) is 13.8 Å². The third-order valence-corrected chi connectivity index (χ3v) is 6.94. The van der Waals surface area contributed by atoms with Crippen molar-refractivity contribution in [3.05, 3.63) is 40.3 Å². The molecule has 0 amide bonds. The molecule has 3 heterocycles. The summed E-state index contributed by atoms with van der Waals surface area (Å²) in [5, 5.41) is 7.52. The molecule has 0 aliphatic rings. The molecule has 0 atom stereocenters. The van der Waals surface area contributed by atoms with Gasteiger partial charge in [0, 0.05) is 11.9 Å². The van der Waals surface area contributed by atoms with E-state index in [1.807, 2.05) is 38.3 Å². The fraction of sp³-hybridized carbons (Fsp3) is 0.200. The molecule has 0 saturated carbocycles. The largest absolute Gasteiger partial charge is 0.457 e. The van der Waals surface area contributed by atoms with Gasteiger partial charge in [-0.3, -0.25) is 5.10 Å². The van der Waals surface area contributed by atoms with Crippen LogP contribution in [-0.4, -0.2) is 32.3 Å². The van der Waals surface area contributed by atoms with Gasteiger partial charge >= 0.3 is 0 Å². The first-order valence-electron chi connectivity index (χ1n) is 6.78. The van der Waals surface area contributed by atoms with Crippen molar-refractivity contribution >= 4 is 55.3 Å². The standard InChI is InChI=1S/C10H9N2OS3.C5H7BrN2/c1-14-10-11-6-5-7(12-10)8-3-4-9(15-8)16(2)13;1-3-5(6)4(2)8-7-3/h3-6H,2H2,1H3;1-2H3,(H,7,8)/q-1;. The number of halogens is 1. The molecule has 0 spiro atoms. The van der Waals surface area contributed by atoms with Gasteiger partial charge in [-0.25, -0.2) is 20.4 Å². The first kappa shape index (κ1) is 19.2. The minimum absolute atomic E-state index is 0.739. The Labute approximate surface area is 159 Å². The van der Waals surface area contributed by atoms with E-state index in [2.05, 4.69) is 42.0 Å². The molecule has 0 bridgehead atoms. The number of thioether (sulfide) groups is 1. The lowest BCUT2D eigenvalue weighted by molar-refractivity contribution is 0.604. The van der Waals surface area contributed by atoms with Gasteiger partial charge in [0.2, 0.25) is 0 Å². The summed E-state index contributed by atoms with van der Waals surface area (Å²) >= 11 is 6.31. The van der Waals surface area contributed by atoms with Gasteiger partial charge in [-0.1, -0.05) is 22.0 Å². The molecular weight excluding hydrogens is 428 g/mol. The number of nitrogens with one attached hydrogen (secondary N) is 1. The molecule has 9 heteroatoms. The number of aryl methyl sites for hydroxylation is 2. The van der Waals surface area contributed by atoms with Crippen LogP contribution in [0.2, 0.25) is 0 Å². The van der Waals surface area contributed by atoms with E-state index in [9.17, 15) is 4.21 Å². The summed E-state index contributed by atoms with van der Waals surface area (Å²) in [4.78, 5) is 9.48. The highest BCUT2D eigenvalue weighted by Crippen LogP contribution is 2.28. The lowest BCUT2D eigenvalue weighted by Gasteiger charge is -1.99. The fourth-order valence-corrected chi connectivity index (χ4v) is 3.80. The number of hydrogen-bond acceptors (Lipinski definition) is 7. The number of H-pyrrole nitrogens is 1. The quantitative estimate of drug-likeness (QED) is 0.279. The number of nitrogens with zero attached hydrogens (tertiary/aromatic N) is 3. The van der Waals surface area contributed by atoms with Crippen LogP contribution >= 0.6 is 39.0 Å². The molecule has 3 aromatic heterocycles. The molecule has 3 aromatic rings. The second-order valence-electron chi connectivity index (χ2n) is 4.64. The summed E-state index contributed by atoms with van der Waals surface area (Å²) in [5.41, 5.74) is 2.96. The first-order valence-corrected chi connectivity index (χ1v) is 10.9. The summed E-state index contributed by atoms with van der Waals surface area (Å²) in [6.45, 7) is 3.93. The summed E-state index contributed by atoms with van der Waals surface area (Å²) in [7, 11) is -1.17. The van der Waals surface area contributed by atoms with Gasteiger partial charge in [-0.2, -0.15) is 22.3 Å². The van der Waals surface area contributed by atoms with E-state index in [0.717, 1.165) is 35.8 Å². The molecule has 0 radical (unpaired) electrons. The van der Waals surface area contributed by atoms with Gasteiger partial charge in [0.15, 0.2) is 5.16 Å². The van der Waals surface area contributed by atoms with E-state index < -0.39 is 10.4 Å². The van der Waals surface area contributed by atoms with Crippen LogP contribution in [0.25, 0.3) is 10.6 Å². The van der Waals surface area contributed by atoms with Crippen LogP contribution in [0.1, 0.15) is 11.4 Å². The van der Waals surface area contributed by atoms with Crippen molar-refractivity contribution in [2.45, 2.75) is 23.2 Å². The van der Waals surface area contributed by atoms with Crippen molar-refractivity contribution < 1.29 is 4.21 Å². The second kappa shape index (κ2) is 8.80. The predicted octanol–water partition coefficient (Wildman–Crippen LogP) is 4.47. The average molecular weight is 444 g/mol. The van der Waals surface area contributed by atoms with Crippen LogP contribution in [0.4, 0.5) is 0 Å². The molecule has 24 heavy (non-hydrogen) atoms. The number of rotatable bonds is 3. The maximum atomic E-state index is 11.2. The number of aromatic nitrogens is 4. The summed E-state index contributed by atoms with van der Waals surface area (Å²) in [6, 6.07) is 5.58. The average Bonchev–Trinajstić information content (AvgIpc) is 3.19. The topological polar surface area (TPSA) is 71.5 Å². The highest BCUT2D eigenvalue weighted by atomic mass is 79.9. The molecule has 0 aromatic carbocycles. The maximum absolute atomic E-state index is 11.2.